The summed E-state index contributed by atoms with van der Waals surface area (Å²) >= 11 is 1.68. The Kier molecular flexibility index (Phi) is 11.4. The highest BCUT2D eigenvalue weighted by Gasteiger charge is 2.20. The summed E-state index contributed by atoms with van der Waals surface area (Å²) in [5.41, 5.74) is 2.99. The Morgan fingerprint density at radius 1 is 0.861 bits per heavy atom. The van der Waals surface area contributed by atoms with Crippen molar-refractivity contribution in [3.05, 3.63) is 78.1 Å². The maximum atomic E-state index is 12.5. The number of carbonyl (C=O) groups is 2. The second kappa shape index (κ2) is 15.0. The first-order valence-corrected chi connectivity index (χ1v) is 13.5. The minimum Gasteiger partial charge on any atom is -0.458 e. The second-order valence-electron chi connectivity index (χ2n) is 8.59. The molecule has 0 saturated heterocycles. The summed E-state index contributed by atoms with van der Waals surface area (Å²) in [6, 6.07) is 16.3. The molecule has 0 aliphatic rings. The molecular weight excluding hydrogens is 472 g/mol. The maximum absolute atomic E-state index is 12.5. The van der Waals surface area contributed by atoms with E-state index in [0.717, 1.165) is 27.6 Å². The summed E-state index contributed by atoms with van der Waals surface area (Å²) in [4.78, 5) is 33.6. The van der Waals surface area contributed by atoms with Crippen molar-refractivity contribution < 1.29 is 19.1 Å². The van der Waals surface area contributed by atoms with Gasteiger partial charge in [-0.05, 0) is 36.6 Å². The molecule has 0 N–H and O–H groups in total. The normalized spacial score (nSPS) is 11.6. The lowest BCUT2D eigenvalue weighted by Crippen LogP contribution is -2.26. The number of nitrogens with zero attached hydrogens (tertiary/aromatic N) is 2. The number of rotatable bonds is 14. The molecule has 0 aliphatic heterocycles. The van der Waals surface area contributed by atoms with Crippen LogP contribution >= 0.6 is 11.8 Å². The standard InChI is InChI=1S/C29H34N2O4S/c1-3-4-5-6-7-11-18-36-29-30-19-26(20-31-29)24-14-16-25(17-15-24)28(33)35-22(2)27(32)34-21-23-12-9-8-10-13-23/h8-10,12-17,19-20,22H,3-7,11,18,21H2,1-2H3/t22-/m0/s1. The van der Waals surface area contributed by atoms with Crippen LogP contribution in [-0.2, 0) is 20.9 Å². The van der Waals surface area contributed by atoms with Gasteiger partial charge in [-0.15, -0.1) is 0 Å². The molecule has 1 aromatic heterocycles. The van der Waals surface area contributed by atoms with Gasteiger partial charge in [-0.3, -0.25) is 0 Å². The van der Waals surface area contributed by atoms with Crippen LogP contribution in [0.2, 0.25) is 0 Å². The van der Waals surface area contributed by atoms with Crippen LogP contribution in [0, 0.1) is 0 Å². The van der Waals surface area contributed by atoms with Crippen molar-refractivity contribution in [1.82, 2.24) is 9.97 Å². The summed E-state index contributed by atoms with van der Waals surface area (Å²) < 4.78 is 10.5. The van der Waals surface area contributed by atoms with E-state index in [1.165, 1.54) is 45.4 Å². The van der Waals surface area contributed by atoms with E-state index in [1.54, 1.807) is 36.3 Å². The van der Waals surface area contributed by atoms with Gasteiger partial charge in [0.05, 0.1) is 5.56 Å². The van der Waals surface area contributed by atoms with Gasteiger partial charge in [-0.2, -0.15) is 0 Å². The predicted molar refractivity (Wildman–Crippen MR) is 143 cm³/mol. The lowest BCUT2D eigenvalue weighted by Gasteiger charge is -2.13. The molecule has 7 heteroatoms. The molecule has 0 amide bonds. The van der Waals surface area contributed by atoms with Gasteiger partial charge in [0, 0.05) is 23.7 Å². The van der Waals surface area contributed by atoms with Gasteiger partial charge < -0.3 is 9.47 Å². The van der Waals surface area contributed by atoms with E-state index in [-0.39, 0.29) is 6.61 Å². The van der Waals surface area contributed by atoms with E-state index >= 15 is 0 Å². The quantitative estimate of drug-likeness (QED) is 0.102. The van der Waals surface area contributed by atoms with Crippen LogP contribution in [-0.4, -0.2) is 33.8 Å². The summed E-state index contributed by atoms with van der Waals surface area (Å²) in [6.45, 7) is 3.87. The number of ether oxygens (including phenoxy) is 2. The zero-order valence-electron chi connectivity index (χ0n) is 21.0. The Hall–Kier alpha value is -3.19. The van der Waals surface area contributed by atoms with Crippen molar-refractivity contribution in [2.75, 3.05) is 5.75 Å². The summed E-state index contributed by atoms with van der Waals surface area (Å²) in [5.74, 6) is -0.139. The van der Waals surface area contributed by atoms with Crippen LogP contribution in [0.1, 0.15) is 68.3 Å². The third kappa shape index (κ3) is 9.11. The van der Waals surface area contributed by atoms with Crippen LogP contribution in [0.15, 0.2) is 72.1 Å². The molecular formula is C29H34N2O4S. The lowest BCUT2D eigenvalue weighted by atomic mass is 10.1. The molecule has 0 radical (unpaired) electrons. The molecule has 1 atom stereocenters. The molecule has 2 aromatic carbocycles. The first-order valence-electron chi connectivity index (χ1n) is 12.5. The number of carbonyl (C=O) groups excluding carboxylic acids is 2. The molecule has 190 valence electrons. The fourth-order valence-corrected chi connectivity index (χ4v) is 4.29. The zero-order valence-corrected chi connectivity index (χ0v) is 21.8. The second-order valence-corrected chi connectivity index (χ2v) is 9.65. The molecule has 0 spiro atoms. The SMILES string of the molecule is CCCCCCCCSc1ncc(-c2ccc(C(=O)O[C@@H](C)C(=O)OCc3ccccc3)cc2)cn1. The molecule has 3 rings (SSSR count). The number of thioether (sulfide) groups is 1. The number of hydrogen-bond donors (Lipinski definition) is 0. The first-order chi connectivity index (χ1) is 17.6. The molecule has 0 unspecified atom stereocenters. The predicted octanol–water partition coefficient (Wildman–Crippen LogP) is 6.88. The zero-order chi connectivity index (χ0) is 25.6. The summed E-state index contributed by atoms with van der Waals surface area (Å²) in [5, 5.41) is 0.778. The van der Waals surface area contributed by atoms with Crippen molar-refractivity contribution in [3.8, 4) is 11.1 Å². The molecule has 0 bridgehead atoms. The Bertz CT molecular complexity index is 1070. The van der Waals surface area contributed by atoms with Gasteiger partial charge in [0.25, 0.3) is 0 Å². The van der Waals surface area contributed by atoms with Crippen LogP contribution in [0.3, 0.4) is 0 Å². The van der Waals surface area contributed by atoms with Gasteiger partial charge >= 0.3 is 11.9 Å². The van der Waals surface area contributed by atoms with Crippen molar-refractivity contribution in [2.45, 2.75) is 70.2 Å². The van der Waals surface area contributed by atoms with Crippen molar-refractivity contribution in [3.63, 3.8) is 0 Å². The Balaban J connectivity index is 1.43. The largest absolute Gasteiger partial charge is 0.458 e. The van der Waals surface area contributed by atoms with Crippen LogP contribution in [0.5, 0.6) is 0 Å². The molecule has 6 nitrogen and oxygen atoms in total. The minimum absolute atomic E-state index is 0.134. The molecule has 3 aromatic rings. The number of benzene rings is 2. The summed E-state index contributed by atoms with van der Waals surface area (Å²) in [6.07, 6.45) is 10.3. The van der Waals surface area contributed by atoms with E-state index < -0.39 is 18.0 Å². The number of unbranched alkanes of at least 4 members (excludes halogenated alkanes) is 5. The number of aromatic nitrogens is 2. The Morgan fingerprint density at radius 3 is 2.22 bits per heavy atom. The molecule has 1 heterocycles. The van der Waals surface area contributed by atoms with Crippen molar-refractivity contribution in [1.29, 1.82) is 0 Å². The monoisotopic (exact) mass is 506 g/mol. The van der Waals surface area contributed by atoms with Gasteiger partial charge in [0.1, 0.15) is 6.61 Å². The Morgan fingerprint density at radius 2 is 1.53 bits per heavy atom. The number of esters is 2. The Labute approximate surface area is 217 Å². The van der Waals surface area contributed by atoms with Crippen molar-refractivity contribution >= 4 is 23.7 Å². The highest BCUT2D eigenvalue weighted by molar-refractivity contribution is 7.99. The third-order valence-electron chi connectivity index (χ3n) is 5.65. The smallest absolute Gasteiger partial charge is 0.347 e. The van der Waals surface area contributed by atoms with Gasteiger partial charge in [0.2, 0.25) is 0 Å². The van der Waals surface area contributed by atoms with Crippen LogP contribution in [0.4, 0.5) is 0 Å². The van der Waals surface area contributed by atoms with Crippen LogP contribution in [0.25, 0.3) is 11.1 Å². The van der Waals surface area contributed by atoms with E-state index in [9.17, 15) is 9.59 Å². The van der Waals surface area contributed by atoms with E-state index in [1.807, 2.05) is 42.5 Å². The lowest BCUT2D eigenvalue weighted by molar-refractivity contribution is -0.154. The van der Waals surface area contributed by atoms with E-state index in [4.69, 9.17) is 9.47 Å². The molecule has 0 fully saturated rings. The van der Waals surface area contributed by atoms with Gasteiger partial charge in [0.15, 0.2) is 11.3 Å². The fraction of sp³-hybridized carbons (Fsp3) is 0.379. The van der Waals surface area contributed by atoms with E-state index in [0.29, 0.717) is 5.56 Å². The molecule has 0 aliphatic carbocycles. The number of hydrogen-bond acceptors (Lipinski definition) is 7. The van der Waals surface area contributed by atoms with Gasteiger partial charge in [-0.25, -0.2) is 19.6 Å². The summed E-state index contributed by atoms with van der Waals surface area (Å²) in [7, 11) is 0. The van der Waals surface area contributed by atoms with Crippen molar-refractivity contribution in [2.24, 2.45) is 0 Å². The average Bonchev–Trinajstić information content (AvgIpc) is 2.92. The first kappa shape index (κ1) is 27.4. The minimum atomic E-state index is -1.00. The average molecular weight is 507 g/mol. The molecule has 36 heavy (non-hydrogen) atoms. The van der Waals surface area contributed by atoms with Gasteiger partial charge in [-0.1, -0.05) is 93.3 Å². The fourth-order valence-electron chi connectivity index (χ4n) is 3.51. The van der Waals surface area contributed by atoms with E-state index in [2.05, 4.69) is 16.9 Å². The maximum Gasteiger partial charge on any atom is 0.347 e. The van der Waals surface area contributed by atoms with Crippen LogP contribution < -0.4 is 0 Å². The highest BCUT2D eigenvalue weighted by atomic mass is 32.2. The molecule has 0 saturated carbocycles. The third-order valence-corrected chi connectivity index (χ3v) is 6.61. The topological polar surface area (TPSA) is 78.4 Å². The highest BCUT2D eigenvalue weighted by Crippen LogP contribution is 2.22.